The second-order valence-corrected chi connectivity index (χ2v) is 5.36. The average Bonchev–Trinajstić information content (AvgIpc) is 2.62. The van der Waals surface area contributed by atoms with Crippen molar-refractivity contribution in [2.45, 2.75) is 19.3 Å². The molecule has 0 saturated carbocycles. The maximum Gasteiger partial charge on any atom is 0.306 e. The maximum atomic E-state index is 12.8. The van der Waals surface area contributed by atoms with Gasteiger partial charge in [0, 0.05) is 11.6 Å². The van der Waals surface area contributed by atoms with Gasteiger partial charge < -0.3 is 19.0 Å². The van der Waals surface area contributed by atoms with Gasteiger partial charge in [0.1, 0.15) is 11.5 Å². The average molecular weight is 346 g/mol. The van der Waals surface area contributed by atoms with E-state index in [2.05, 4.69) is 4.74 Å². The zero-order valence-corrected chi connectivity index (χ0v) is 14.1. The Morgan fingerprint density at radius 2 is 1.84 bits per heavy atom. The fourth-order valence-corrected chi connectivity index (χ4v) is 2.37. The van der Waals surface area contributed by atoms with Gasteiger partial charge >= 0.3 is 5.97 Å². The summed E-state index contributed by atoms with van der Waals surface area (Å²) in [6, 6.07) is 7.34. The summed E-state index contributed by atoms with van der Waals surface area (Å²) in [7, 11) is 2.68. The molecule has 0 saturated heterocycles. The smallest absolute Gasteiger partial charge is 0.306 e. The number of ether oxygens (including phenoxy) is 2. The summed E-state index contributed by atoms with van der Waals surface area (Å²) < 4.78 is 15.0. The normalized spacial score (nSPS) is 11.6. The van der Waals surface area contributed by atoms with Crippen molar-refractivity contribution in [2.75, 3.05) is 14.2 Å². The fourth-order valence-electron chi connectivity index (χ4n) is 2.37. The molecule has 0 radical (unpaired) electrons. The van der Waals surface area contributed by atoms with E-state index in [0.717, 1.165) is 6.07 Å². The lowest BCUT2D eigenvalue weighted by molar-refractivity contribution is -0.140. The first-order chi connectivity index (χ1) is 11.9. The second kappa shape index (κ2) is 7.65. The van der Waals surface area contributed by atoms with E-state index in [4.69, 9.17) is 9.15 Å². The molecule has 132 valence electrons. The van der Waals surface area contributed by atoms with Gasteiger partial charge in [0.05, 0.1) is 26.6 Å². The summed E-state index contributed by atoms with van der Waals surface area (Å²) in [6.07, 6.45) is -0.374. The third kappa shape index (κ3) is 4.06. The number of aromatic hydroxyl groups is 1. The molecule has 1 N–H and O–H groups in total. The molecule has 7 nitrogen and oxygen atoms in total. The summed E-state index contributed by atoms with van der Waals surface area (Å²) in [5.41, 5.74) is -0.408. The number of ketones is 1. The van der Waals surface area contributed by atoms with Crippen molar-refractivity contribution in [3.8, 4) is 11.5 Å². The lowest BCUT2D eigenvalue weighted by atomic mass is 9.91. The predicted molar refractivity (Wildman–Crippen MR) is 88.1 cm³/mol. The number of carbonyl (C=O) groups excluding carboxylic acids is 2. The Hall–Kier alpha value is -3.09. The standard InChI is InChI=1S/C18H18O7/c1-10-8-14(19)17(22)18(25-10)13(9-15(20)24-3)16(21)11-4-6-12(23-2)7-5-11/h4-8,13,22H,9H2,1-3H3/t13-/m0/s1. The lowest BCUT2D eigenvalue weighted by Gasteiger charge is -2.15. The maximum absolute atomic E-state index is 12.8. The summed E-state index contributed by atoms with van der Waals surface area (Å²) in [5, 5.41) is 10.0. The van der Waals surface area contributed by atoms with Crippen LogP contribution < -0.4 is 10.2 Å². The van der Waals surface area contributed by atoms with Crippen LogP contribution in [-0.4, -0.2) is 31.1 Å². The van der Waals surface area contributed by atoms with E-state index < -0.39 is 28.8 Å². The summed E-state index contributed by atoms with van der Waals surface area (Å²) >= 11 is 0. The van der Waals surface area contributed by atoms with Crippen LogP contribution in [0.5, 0.6) is 11.5 Å². The van der Waals surface area contributed by atoms with Crippen LogP contribution in [0.4, 0.5) is 0 Å². The molecule has 1 aromatic heterocycles. The van der Waals surface area contributed by atoms with Crippen molar-refractivity contribution >= 4 is 11.8 Å². The number of benzene rings is 1. The van der Waals surface area contributed by atoms with Gasteiger partial charge in [0.15, 0.2) is 11.5 Å². The molecule has 1 heterocycles. The summed E-state index contributed by atoms with van der Waals surface area (Å²) in [4.78, 5) is 36.4. The van der Waals surface area contributed by atoms with E-state index in [-0.39, 0.29) is 23.5 Å². The van der Waals surface area contributed by atoms with Gasteiger partial charge in [-0.25, -0.2) is 0 Å². The van der Waals surface area contributed by atoms with Crippen LogP contribution in [0.1, 0.15) is 34.2 Å². The van der Waals surface area contributed by atoms with Gasteiger partial charge in [-0.1, -0.05) is 0 Å². The predicted octanol–water partition coefficient (Wildman–Crippen LogP) is 2.19. The molecule has 0 spiro atoms. The van der Waals surface area contributed by atoms with Gasteiger partial charge in [0.2, 0.25) is 11.2 Å². The lowest BCUT2D eigenvalue weighted by Crippen LogP contribution is -2.20. The molecule has 2 rings (SSSR count). The van der Waals surface area contributed by atoms with E-state index in [1.807, 2.05) is 0 Å². The number of aryl methyl sites for hydroxylation is 1. The molecule has 0 bridgehead atoms. The number of rotatable bonds is 6. The van der Waals surface area contributed by atoms with Crippen molar-refractivity contribution in [3.63, 3.8) is 0 Å². The van der Waals surface area contributed by atoms with Gasteiger partial charge in [-0.05, 0) is 31.2 Å². The molecule has 1 aromatic carbocycles. The van der Waals surface area contributed by atoms with E-state index >= 15 is 0 Å². The Morgan fingerprint density at radius 3 is 2.40 bits per heavy atom. The second-order valence-electron chi connectivity index (χ2n) is 5.36. The molecular formula is C18H18O7. The Kier molecular flexibility index (Phi) is 5.59. The van der Waals surface area contributed by atoms with Crippen LogP contribution >= 0.6 is 0 Å². The minimum absolute atomic E-state index is 0.218. The molecule has 0 fully saturated rings. The van der Waals surface area contributed by atoms with Gasteiger partial charge in [-0.2, -0.15) is 0 Å². The number of Topliss-reactive ketones (excluding diaryl/α,β-unsaturated/α-hetero) is 1. The molecule has 0 aliphatic heterocycles. The van der Waals surface area contributed by atoms with E-state index in [0.29, 0.717) is 5.75 Å². The molecule has 7 heteroatoms. The number of hydrogen-bond donors (Lipinski definition) is 1. The fraction of sp³-hybridized carbons (Fsp3) is 0.278. The van der Waals surface area contributed by atoms with E-state index in [9.17, 15) is 19.5 Å². The molecule has 0 aliphatic carbocycles. The van der Waals surface area contributed by atoms with Gasteiger partial charge in [-0.15, -0.1) is 0 Å². The zero-order valence-electron chi connectivity index (χ0n) is 14.1. The Balaban J connectivity index is 2.50. The largest absolute Gasteiger partial charge is 0.502 e. The molecule has 25 heavy (non-hydrogen) atoms. The number of esters is 1. The Labute approximate surface area is 143 Å². The quantitative estimate of drug-likeness (QED) is 0.631. The molecular weight excluding hydrogens is 328 g/mol. The van der Waals surface area contributed by atoms with Crippen LogP contribution in [0.2, 0.25) is 0 Å². The van der Waals surface area contributed by atoms with Crippen molar-refractivity contribution in [2.24, 2.45) is 0 Å². The Bertz CT molecular complexity index is 833. The Morgan fingerprint density at radius 1 is 1.20 bits per heavy atom. The topological polar surface area (TPSA) is 103 Å². The minimum Gasteiger partial charge on any atom is -0.502 e. The van der Waals surface area contributed by atoms with Crippen molar-refractivity contribution < 1.29 is 28.6 Å². The van der Waals surface area contributed by atoms with Crippen LogP contribution in [0.25, 0.3) is 0 Å². The van der Waals surface area contributed by atoms with Crippen molar-refractivity contribution in [1.29, 1.82) is 0 Å². The summed E-state index contributed by atoms with van der Waals surface area (Å²) in [6.45, 7) is 1.51. The number of methoxy groups -OCH3 is 2. The SMILES string of the molecule is COC(=O)C[C@@H](C(=O)c1ccc(OC)cc1)c1oc(C)cc(=O)c1O. The van der Waals surface area contributed by atoms with E-state index in [1.165, 1.54) is 33.3 Å². The summed E-state index contributed by atoms with van der Waals surface area (Å²) in [5.74, 6) is -2.51. The molecule has 0 unspecified atom stereocenters. The monoisotopic (exact) mass is 346 g/mol. The van der Waals surface area contributed by atoms with Crippen molar-refractivity contribution in [3.05, 3.63) is 57.6 Å². The molecule has 0 aliphatic rings. The van der Waals surface area contributed by atoms with Crippen molar-refractivity contribution in [1.82, 2.24) is 0 Å². The van der Waals surface area contributed by atoms with Crippen LogP contribution in [0.15, 0.2) is 39.5 Å². The highest BCUT2D eigenvalue weighted by atomic mass is 16.5. The van der Waals surface area contributed by atoms with E-state index in [1.54, 1.807) is 12.1 Å². The number of hydrogen-bond acceptors (Lipinski definition) is 7. The zero-order chi connectivity index (χ0) is 18.6. The molecule has 2 aromatic rings. The first kappa shape index (κ1) is 18.3. The van der Waals surface area contributed by atoms with Crippen LogP contribution in [0.3, 0.4) is 0 Å². The van der Waals surface area contributed by atoms with Gasteiger partial charge in [-0.3, -0.25) is 14.4 Å². The number of carbonyl (C=O) groups is 2. The highest BCUT2D eigenvalue weighted by Crippen LogP contribution is 2.31. The third-order valence-electron chi connectivity index (χ3n) is 3.68. The molecule has 1 atom stereocenters. The highest BCUT2D eigenvalue weighted by molar-refractivity contribution is 6.02. The minimum atomic E-state index is -1.19. The van der Waals surface area contributed by atoms with Crippen LogP contribution in [-0.2, 0) is 9.53 Å². The first-order valence-corrected chi connectivity index (χ1v) is 7.46. The molecule has 0 amide bonds. The highest BCUT2D eigenvalue weighted by Gasteiger charge is 2.31. The van der Waals surface area contributed by atoms with Gasteiger partial charge in [0.25, 0.3) is 0 Å². The first-order valence-electron chi connectivity index (χ1n) is 7.46. The third-order valence-corrected chi connectivity index (χ3v) is 3.68. The van der Waals surface area contributed by atoms with Crippen LogP contribution in [0, 0.1) is 6.92 Å².